The minimum absolute atomic E-state index is 0.138. The van der Waals surface area contributed by atoms with Crippen molar-refractivity contribution in [3.63, 3.8) is 0 Å². The minimum atomic E-state index is -0.835. The van der Waals surface area contributed by atoms with Gasteiger partial charge < -0.3 is 14.7 Å². The summed E-state index contributed by atoms with van der Waals surface area (Å²) in [5.74, 6) is -0.859. The lowest BCUT2D eigenvalue weighted by molar-refractivity contribution is -0.141. The zero-order chi connectivity index (χ0) is 12.4. The van der Waals surface area contributed by atoms with Crippen molar-refractivity contribution >= 4 is 23.2 Å². The van der Waals surface area contributed by atoms with Crippen LogP contribution in [0.15, 0.2) is 11.4 Å². The Morgan fingerprint density at radius 2 is 2.35 bits per heavy atom. The van der Waals surface area contributed by atoms with Crippen molar-refractivity contribution < 1.29 is 19.4 Å². The van der Waals surface area contributed by atoms with Gasteiger partial charge in [0, 0.05) is 13.1 Å². The monoisotopic (exact) mass is 255 g/mol. The van der Waals surface area contributed by atoms with Crippen molar-refractivity contribution in [3.05, 3.63) is 16.3 Å². The first-order valence-electron chi connectivity index (χ1n) is 5.27. The van der Waals surface area contributed by atoms with E-state index in [4.69, 9.17) is 9.84 Å². The molecule has 5 nitrogen and oxygen atoms in total. The Morgan fingerprint density at radius 1 is 1.59 bits per heavy atom. The second kappa shape index (κ2) is 4.75. The molecule has 2 heterocycles. The van der Waals surface area contributed by atoms with E-state index in [0.717, 1.165) is 0 Å². The molecule has 0 unspecified atom stereocenters. The van der Waals surface area contributed by atoms with Crippen molar-refractivity contribution in [3.8, 4) is 5.75 Å². The average Bonchev–Trinajstić information content (AvgIpc) is 2.96. The van der Waals surface area contributed by atoms with Crippen LogP contribution >= 0.6 is 11.3 Å². The van der Waals surface area contributed by atoms with E-state index in [2.05, 4.69) is 0 Å². The van der Waals surface area contributed by atoms with Gasteiger partial charge in [-0.15, -0.1) is 11.3 Å². The molecule has 0 aliphatic carbocycles. The second-order valence-electron chi connectivity index (χ2n) is 3.89. The molecule has 92 valence electrons. The number of carboxylic acid groups (broad SMARTS) is 1. The highest BCUT2D eigenvalue weighted by Crippen LogP contribution is 2.28. The van der Waals surface area contributed by atoms with E-state index in [-0.39, 0.29) is 12.5 Å². The number of ether oxygens (including phenoxy) is 1. The lowest BCUT2D eigenvalue weighted by Gasteiger charge is -2.15. The summed E-state index contributed by atoms with van der Waals surface area (Å²) in [5.41, 5.74) is 0. The number of carbonyl (C=O) groups excluding carboxylic acids is 1. The van der Waals surface area contributed by atoms with E-state index < -0.39 is 11.9 Å². The van der Waals surface area contributed by atoms with Gasteiger partial charge in [-0.1, -0.05) is 0 Å². The van der Waals surface area contributed by atoms with Crippen LogP contribution in [-0.4, -0.2) is 42.1 Å². The normalized spacial score (nSPS) is 19.4. The number of aliphatic carboxylic acids is 1. The SMILES string of the molecule is COc1ccsc1C(=O)N1CC[C@@H](C(=O)O)C1. The molecule has 0 aromatic carbocycles. The van der Waals surface area contributed by atoms with E-state index in [1.807, 2.05) is 0 Å². The van der Waals surface area contributed by atoms with E-state index in [0.29, 0.717) is 23.6 Å². The van der Waals surface area contributed by atoms with Gasteiger partial charge in [0.2, 0.25) is 0 Å². The van der Waals surface area contributed by atoms with Gasteiger partial charge in [-0.25, -0.2) is 0 Å². The van der Waals surface area contributed by atoms with Crippen LogP contribution in [0.2, 0.25) is 0 Å². The highest BCUT2D eigenvalue weighted by atomic mass is 32.1. The van der Waals surface area contributed by atoms with E-state index in [1.54, 1.807) is 16.3 Å². The number of thiophene rings is 1. The molecule has 1 aromatic heterocycles. The average molecular weight is 255 g/mol. The number of amides is 1. The van der Waals surface area contributed by atoms with Crippen LogP contribution in [-0.2, 0) is 4.79 Å². The van der Waals surface area contributed by atoms with E-state index in [1.165, 1.54) is 18.4 Å². The number of hydrogen-bond acceptors (Lipinski definition) is 4. The summed E-state index contributed by atoms with van der Waals surface area (Å²) in [6, 6.07) is 1.74. The molecule has 0 radical (unpaired) electrons. The van der Waals surface area contributed by atoms with E-state index >= 15 is 0 Å². The first kappa shape index (κ1) is 11.9. The van der Waals surface area contributed by atoms with Crippen molar-refractivity contribution in [1.29, 1.82) is 0 Å². The van der Waals surface area contributed by atoms with Gasteiger partial charge >= 0.3 is 5.97 Å². The van der Waals surface area contributed by atoms with Crippen LogP contribution in [0.3, 0.4) is 0 Å². The summed E-state index contributed by atoms with van der Waals surface area (Å²) in [5, 5.41) is 10.7. The second-order valence-corrected chi connectivity index (χ2v) is 4.81. The molecule has 17 heavy (non-hydrogen) atoms. The molecule has 0 saturated carbocycles. The standard InChI is InChI=1S/C11H13NO4S/c1-16-8-3-5-17-9(8)10(13)12-4-2-7(6-12)11(14)15/h3,5,7H,2,4,6H2,1H3,(H,14,15)/t7-/m1/s1. The Balaban J connectivity index is 2.09. The molecule has 2 rings (SSSR count). The van der Waals surface area contributed by atoms with Crippen LogP contribution in [0.5, 0.6) is 5.75 Å². The van der Waals surface area contributed by atoms with Crippen LogP contribution < -0.4 is 4.74 Å². The van der Waals surface area contributed by atoms with Gasteiger partial charge in [-0.2, -0.15) is 0 Å². The first-order valence-corrected chi connectivity index (χ1v) is 6.15. The Labute approximate surface area is 103 Å². The van der Waals surface area contributed by atoms with Gasteiger partial charge in [-0.05, 0) is 17.9 Å². The van der Waals surface area contributed by atoms with Crippen molar-refractivity contribution in [2.75, 3.05) is 20.2 Å². The van der Waals surface area contributed by atoms with Gasteiger partial charge in [0.05, 0.1) is 13.0 Å². The molecule has 1 N–H and O–H groups in total. The van der Waals surface area contributed by atoms with Crippen molar-refractivity contribution in [2.45, 2.75) is 6.42 Å². The Bertz CT molecular complexity index is 442. The summed E-state index contributed by atoms with van der Waals surface area (Å²) < 4.78 is 5.09. The number of carboxylic acids is 1. The molecule has 1 aliphatic heterocycles. The van der Waals surface area contributed by atoms with Gasteiger partial charge in [0.15, 0.2) is 0 Å². The molecule has 1 aliphatic rings. The van der Waals surface area contributed by atoms with Crippen molar-refractivity contribution in [1.82, 2.24) is 4.90 Å². The lowest BCUT2D eigenvalue weighted by atomic mass is 10.1. The predicted octanol–water partition coefficient (Wildman–Crippen LogP) is 1.30. The summed E-state index contributed by atoms with van der Waals surface area (Å²) in [4.78, 5) is 25.1. The molecule has 0 bridgehead atoms. The largest absolute Gasteiger partial charge is 0.495 e. The Morgan fingerprint density at radius 3 is 2.94 bits per heavy atom. The van der Waals surface area contributed by atoms with Gasteiger partial charge in [0.1, 0.15) is 10.6 Å². The summed E-state index contributed by atoms with van der Waals surface area (Å²) in [6.07, 6.45) is 0.523. The zero-order valence-electron chi connectivity index (χ0n) is 9.38. The third kappa shape index (κ3) is 2.26. The summed E-state index contributed by atoms with van der Waals surface area (Å²) in [6.45, 7) is 0.784. The number of methoxy groups -OCH3 is 1. The molecule has 1 amide bonds. The number of hydrogen-bond donors (Lipinski definition) is 1. The van der Waals surface area contributed by atoms with Crippen LogP contribution in [0.25, 0.3) is 0 Å². The fourth-order valence-corrected chi connectivity index (χ4v) is 2.73. The molecule has 6 heteroatoms. The third-order valence-corrected chi connectivity index (χ3v) is 3.75. The highest BCUT2D eigenvalue weighted by Gasteiger charge is 2.32. The minimum Gasteiger partial charge on any atom is -0.495 e. The Hall–Kier alpha value is -1.56. The molecule has 1 saturated heterocycles. The molecular weight excluding hydrogens is 242 g/mol. The fourth-order valence-electron chi connectivity index (χ4n) is 1.90. The van der Waals surface area contributed by atoms with Crippen molar-refractivity contribution in [2.24, 2.45) is 5.92 Å². The van der Waals surface area contributed by atoms with Gasteiger partial charge in [-0.3, -0.25) is 9.59 Å². The maximum atomic E-state index is 12.1. The fraction of sp³-hybridized carbons (Fsp3) is 0.455. The first-order chi connectivity index (χ1) is 8.13. The smallest absolute Gasteiger partial charge is 0.308 e. The molecule has 0 spiro atoms. The lowest BCUT2D eigenvalue weighted by Crippen LogP contribution is -2.29. The van der Waals surface area contributed by atoms with Crippen LogP contribution in [0, 0.1) is 5.92 Å². The van der Waals surface area contributed by atoms with E-state index in [9.17, 15) is 9.59 Å². The summed E-state index contributed by atoms with van der Waals surface area (Å²) >= 11 is 1.32. The zero-order valence-corrected chi connectivity index (χ0v) is 10.2. The molecule has 1 aromatic rings. The maximum absolute atomic E-state index is 12.1. The third-order valence-electron chi connectivity index (χ3n) is 2.87. The quantitative estimate of drug-likeness (QED) is 0.884. The molecule has 1 atom stereocenters. The number of carbonyl (C=O) groups is 2. The number of rotatable bonds is 3. The molecular formula is C11H13NO4S. The van der Waals surface area contributed by atoms with Gasteiger partial charge in [0.25, 0.3) is 5.91 Å². The maximum Gasteiger partial charge on any atom is 0.308 e. The van der Waals surface area contributed by atoms with Crippen LogP contribution in [0.1, 0.15) is 16.1 Å². The number of nitrogens with zero attached hydrogens (tertiary/aromatic N) is 1. The predicted molar refractivity (Wildman–Crippen MR) is 62.5 cm³/mol. The summed E-state index contributed by atoms with van der Waals surface area (Å²) in [7, 11) is 1.52. The van der Waals surface area contributed by atoms with Crippen LogP contribution in [0.4, 0.5) is 0 Å². The highest BCUT2D eigenvalue weighted by molar-refractivity contribution is 7.12. The Kier molecular flexibility index (Phi) is 3.33. The topological polar surface area (TPSA) is 66.8 Å². The number of likely N-dealkylation sites (tertiary alicyclic amines) is 1. The molecule has 1 fully saturated rings.